The molecule has 6 nitrogen and oxygen atoms in total. The summed E-state index contributed by atoms with van der Waals surface area (Å²) in [4.78, 5) is 25.1. The minimum absolute atomic E-state index is 0.0265. The van der Waals surface area contributed by atoms with Gasteiger partial charge in [0.1, 0.15) is 0 Å². The van der Waals surface area contributed by atoms with Crippen molar-refractivity contribution in [2.75, 3.05) is 19.5 Å². The summed E-state index contributed by atoms with van der Waals surface area (Å²) in [6, 6.07) is 6.44. The van der Waals surface area contributed by atoms with Crippen LogP contribution in [0, 0.1) is 5.41 Å². The molecular weight excluding hydrogens is 356 g/mol. The van der Waals surface area contributed by atoms with Crippen LogP contribution >= 0.6 is 11.6 Å². The molecule has 24 heavy (non-hydrogen) atoms. The van der Waals surface area contributed by atoms with Crippen molar-refractivity contribution in [3.8, 4) is 0 Å². The van der Waals surface area contributed by atoms with Crippen molar-refractivity contribution in [2.45, 2.75) is 25.0 Å². The molecule has 0 bridgehead atoms. The number of benzene rings is 1. The Morgan fingerprint density at radius 3 is 2.12 bits per heavy atom. The second-order valence-corrected chi connectivity index (χ2v) is 8.20. The zero-order chi connectivity index (χ0) is 18.1. The summed E-state index contributed by atoms with van der Waals surface area (Å²) in [5.41, 5.74) is -1.40. The molecule has 1 aromatic rings. The third-order valence-corrected chi connectivity index (χ3v) is 5.83. The number of esters is 2. The van der Waals surface area contributed by atoms with Crippen LogP contribution < -0.4 is 0 Å². The lowest BCUT2D eigenvalue weighted by Gasteiger charge is -2.15. The van der Waals surface area contributed by atoms with Crippen LogP contribution in [-0.2, 0) is 28.9 Å². The smallest absolute Gasteiger partial charge is 0.325 e. The van der Waals surface area contributed by atoms with Crippen LogP contribution in [0.4, 0.5) is 0 Å². The van der Waals surface area contributed by atoms with E-state index >= 15 is 0 Å². The fraction of sp³-hybridized carbons (Fsp3) is 0.500. The van der Waals surface area contributed by atoms with E-state index < -0.39 is 38.4 Å². The molecule has 132 valence electrons. The molecule has 0 heterocycles. The van der Waals surface area contributed by atoms with Crippen LogP contribution in [0.2, 0.25) is 5.02 Å². The van der Waals surface area contributed by atoms with E-state index in [1.807, 2.05) is 0 Å². The Bertz CT molecular complexity index is 740. The molecule has 0 amide bonds. The average molecular weight is 375 g/mol. The molecule has 1 saturated carbocycles. The van der Waals surface area contributed by atoms with Crippen LogP contribution in [-0.4, -0.2) is 45.1 Å². The number of carbonyl (C=O) groups excluding carboxylic acids is 2. The van der Waals surface area contributed by atoms with E-state index in [9.17, 15) is 18.0 Å². The first-order chi connectivity index (χ1) is 11.2. The van der Waals surface area contributed by atoms with Gasteiger partial charge in [-0.05, 0) is 31.5 Å². The minimum atomic E-state index is -3.72. The molecule has 1 aliphatic rings. The van der Waals surface area contributed by atoms with Crippen LogP contribution in [0.5, 0.6) is 0 Å². The van der Waals surface area contributed by atoms with Gasteiger partial charge in [0.2, 0.25) is 0 Å². The molecule has 0 spiro atoms. The normalized spacial score (nSPS) is 21.8. The summed E-state index contributed by atoms with van der Waals surface area (Å²) in [5, 5.41) is -0.852. The highest BCUT2D eigenvalue weighted by molar-refractivity contribution is 7.91. The van der Waals surface area contributed by atoms with Crippen LogP contribution in [0.1, 0.15) is 25.3 Å². The van der Waals surface area contributed by atoms with Crippen LogP contribution in [0.3, 0.4) is 0 Å². The lowest BCUT2D eigenvalue weighted by molar-refractivity contribution is -0.164. The number of ether oxygens (including phenoxy) is 2. The number of rotatable bonds is 6. The Labute approximate surface area is 146 Å². The average Bonchev–Trinajstić information content (AvgIpc) is 3.19. The monoisotopic (exact) mass is 374 g/mol. The molecule has 8 heteroatoms. The molecule has 1 aliphatic carbocycles. The lowest BCUT2D eigenvalue weighted by atomic mass is 9.99. The fourth-order valence-electron chi connectivity index (χ4n) is 3.15. The SMILES string of the molecule is CCOC(=O)C1(C(=O)OCC)[C@H](c2cccc(Cl)c2)[C@H]1S(C)(=O)=O. The van der Waals surface area contributed by atoms with E-state index in [2.05, 4.69) is 0 Å². The van der Waals surface area contributed by atoms with Crippen molar-refractivity contribution in [2.24, 2.45) is 5.41 Å². The Kier molecular flexibility index (Phi) is 5.25. The third kappa shape index (κ3) is 3.02. The molecular formula is C16H19ClO6S. The Hall–Kier alpha value is -1.60. The van der Waals surface area contributed by atoms with E-state index in [-0.39, 0.29) is 13.2 Å². The maximum atomic E-state index is 12.5. The van der Waals surface area contributed by atoms with Gasteiger partial charge in [0.25, 0.3) is 0 Å². The highest BCUT2D eigenvalue weighted by Crippen LogP contribution is 2.64. The fourth-order valence-corrected chi connectivity index (χ4v) is 5.15. The van der Waals surface area contributed by atoms with E-state index in [4.69, 9.17) is 21.1 Å². The second kappa shape index (κ2) is 6.72. The third-order valence-electron chi connectivity index (χ3n) is 4.03. The quantitative estimate of drug-likeness (QED) is 0.558. The van der Waals surface area contributed by atoms with Crippen LogP contribution in [0.25, 0.3) is 0 Å². The van der Waals surface area contributed by atoms with Crippen molar-refractivity contribution < 1.29 is 27.5 Å². The summed E-state index contributed by atoms with van der Waals surface area (Å²) in [5.74, 6) is -2.66. The van der Waals surface area contributed by atoms with Crippen molar-refractivity contribution in [1.82, 2.24) is 0 Å². The standard InChI is InChI=1S/C16H19ClO6S/c1-4-22-14(18)16(15(19)23-5-2)12(13(16)24(3,20)21)10-7-6-8-11(17)9-10/h6-9,12-13H,4-5H2,1-3H3/t12-,13-/m1/s1. The van der Waals surface area contributed by atoms with Crippen molar-refractivity contribution in [3.05, 3.63) is 34.9 Å². The molecule has 2 atom stereocenters. The van der Waals surface area contributed by atoms with Crippen molar-refractivity contribution in [1.29, 1.82) is 0 Å². The molecule has 0 saturated heterocycles. The largest absolute Gasteiger partial charge is 0.465 e. The number of hydrogen-bond donors (Lipinski definition) is 0. The van der Waals surface area contributed by atoms with Crippen LogP contribution in [0.15, 0.2) is 24.3 Å². The zero-order valence-corrected chi connectivity index (χ0v) is 15.2. The number of sulfone groups is 1. The van der Waals surface area contributed by atoms with Gasteiger partial charge in [-0.15, -0.1) is 0 Å². The highest BCUT2D eigenvalue weighted by atomic mass is 35.5. The summed E-state index contributed by atoms with van der Waals surface area (Å²) in [6.45, 7) is 3.23. The van der Waals surface area contributed by atoms with Crippen molar-refractivity contribution >= 4 is 33.4 Å². The van der Waals surface area contributed by atoms with Gasteiger partial charge in [0, 0.05) is 17.2 Å². The van der Waals surface area contributed by atoms with Gasteiger partial charge < -0.3 is 9.47 Å². The first-order valence-electron chi connectivity index (χ1n) is 7.50. The number of hydrogen-bond acceptors (Lipinski definition) is 6. The maximum absolute atomic E-state index is 12.5. The van der Waals surface area contributed by atoms with Gasteiger partial charge in [-0.25, -0.2) is 8.42 Å². The van der Waals surface area contributed by atoms with Gasteiger partial charge in [-0.2, -0.15) is 0 Å². The van der Waals surface area contributed by atoms with Gasteiger partial charge in [0.05, 0.1) is 18.5 Å². The van der Waals surface area contributed by atoms with E-state index in [0.29, 0.717) is 10.6 Å². The summed E-state index contributed by atoms with van der Waals surface area (Å²) >= 11 is 5.97. The van der Waals surface area contributed by atoms with E-state index in [0.717, 1.165) is 6.26 Å². The predicted molar refractivity (Wildman–Crippen MR) is 88.5 cm³/mol. The first-order valence-corrected chi connectivity index (χ1v) is 9.83. The Morgan fingerprint density at radius 2 is 1.71 bits per heavy atom. The molecule has 0 unspecified atom stereocenters. The topological polar surface area (TPSA) is 86.7 Å². The zero-order valence-electron chi connectivity index (χ0n) is 13.6. The Morgan fingerprint density at radius 1 is 1.17 bits per heavy atom. The number of halogens is 1. The molecule has 0 radical (unpaired) electrons. The maximum Gasteiger partial charge on any atom is 0.325 e. The van der Waals surface area contributed by atoms with Gasteiger partial charge in [0.15, 0.2) is 15.3 Å². The summed E-state index contributed by atoms with van der Waals surface area (Å²) < 4.78 is 34.5. The first kappa shape index (κ1) is 18.7. The molecule has 1 fully saturated rings. The molecule has 0 aromatic heterocycles. The van der Waals surface area contributed by atoms with Gasteiger partial charge in [-0.3, -0.25) is 9.59 Å². The van der Waals surface area contributed by atoms with Gasteiger partial charge >= 0.3 is 11.9 Å². The lowest BCUT2D eigenvalue weighted by Crippen LogP contribution is -2.35. The predicted octanol–water partition coefficient (Wildman–Crippen LogP) is 1.96. The number of carbonyl (C=O) groups is 2. The van der Waals surface area contributed by atoms with Gasteiger partial charge in [-0.1, -0.05) is 23.7 Å². The summed E-state index contributed by atoms with van der Waals surface area (Å²) in [6.07, 6.45) is 0.995. The summed E-state index contributed by atoms with van der Waals surface area (Å²) in [7, 11) is -3.72. The Balaban J connectivity index is 2.61. The minimum Gasteiger partial charge on any atom is -0.465 e. The van der Waals surface area contributed by atoms with E-state index in [1.54, 1.807) is 38.1 Å². The second-order valence-electron chi connectivity index (χ2n) is 5.59. The molecule has 0 aliphatic heterocycles. The molecule has 0 N–H and O–H groups in total. The van der Waals surface area contributed by atoms with E-state index in [1.165, 1.54) is 0 Å². The van der Waals surface area contributed by atoms with Crippen molar-refractivity contribution in [3.63, 3.8) is 0 Å². The molecule has 2 rings (SSSR count). The highest BCUT2D eigenvalue weighted by Gasteiger charge is 2.81. The molecule has 1 aromatic carbocycles.